The van der Waals surface area contributed by atoms with Gasteiger partial charge in [-0.25, -0.2) is 19.0 Å². The minimum atomic E-state index is -0.658. The van der Waals surface area contributed by atoms with Crippen LogP contribution in [-0.2, 0) is 0 Å². The molecule has 0 aliphatic rings. The minimum Gasteiger partial charge on any atom is -0.490 e. The number of carbonyl (C=O) groups is 2. The molecule has 6 nitrogen and oxygen atoms in total. The van der Waals surface area contributed by atoms with Crippen molar-refractivity contribution in [3.05, 3.63) is 95.1 Å². The highest BCUT2D eigenvalue weighted by atomic mass is 19.1. The monoisotopic (exact) mass is 424 g/mol. The summed E-state index contributed by atoms with van der Waals surface area (Å²) in [4.78, 5) is 24.3. The van der Waals surface area contributed by atoms with Crippen LogP contribution in [0.5, 0.6) is 11.5 Å². The van der Waals surface area contributed by atoms with E-state index in [2.05, 4.69) is 10.5 Å². The maximum Gasteiger partial charge on any atom is 0.343 e. The summed E-state index contributed by atoms with van der Waals surface area (Å²) in [6, 6.07) is 14.8. The first-order chi connectivity index (χ1) is 15.0. The van der Waals surface area contributed by atoms with Gasteiger partial charge in [0.25, 0.3) is 5.91 Å². The highest BCUT2D eigenvalue weighted by Gasteiger charge is 2.13. The molecule has 1 N–H and O–H groups in total. The van der Waals surface area contributed by atoms with Gasteiger partial charge in [-0.15, -0.1) is 0 Å². The number of benzene rings is 3. The van der Waals surface area contributed by atoms with Crippen LogP contribution in [0.25, 0.3) is 0 Å². The molecule has 3 aromatic carbocycles. The van der Waals surface area contributed by atoms with Crippen LogP contribution in [0, 0.1) is 11.6 Å². The summed E-state index contributed by atoms with van der Waals surface area (Å²) in [7, 11) is 0. The highest BCUT2D eigenvalue weighted by Crippen LogP contribution is 2.29. The Morgan fingerprint density at radius 3 is 2.13 bits per heavy atom. The molecular weight excluding hydrogens is 406 g/mol. The molecule has 0 atom stereocenters. The molecule has 0 aliphatic heterocycles. The Bertz CT molecular complexity index is 1100. The molecule has 3 aromatic rings. The first-order valence-electron chi connectivity index (χ1n) is 9.30. The number of hydrogen-bond donors (Lipinski definition) is 1. The standard InChI is InChI=1S/C23H18F2N2O4/c1-2-30-21-13-15(14-26-27-22(28)16-4-8-18(24)9-5-16)3-12-20(21)31-23(29)17-6-10-19(25)11-7-17/h3-14H,2H2,1H3,(H,27,28)/b26-14-. The second kappa shape index (κ2) is 10.1. The van der Waals surface area contributed by atoms with Crippen LogP contribution in [0.4, 0.5) is 8.78 Å². The van der Waals surface area contributed by atoms with Crippen molar-refractivity contribution in [2.45, 2.75) is 6.92 Å². The van der Waals surface area contributed by atoms with Crippen molar-refractivity contribution in [3.63, 3.8) is 0 Å². The van der Waals surface area contributed by atoms with Crippen LogP contribution in [0.1, 0.15) is 33.2 Å². The van der Waals surface area contributed by atoms with Crippen LogP contribution < -0.4 is 14.9 Å². The van der Waals surface area contributed by atoms with E-state index in [0.717, 1.165) is 0 Å². The van der Waals surface area contributed by atoms with E-state index >= 15 is 0 Å². The summed E-state index contributed by atoms with van der Waals surface area (Å²) in [5, 5.41) is 3.87. The SMILES string of the molecule is CCOc1cc(/C=N\NC(=O)c2ccc(F)cc2)ccc1OC(=O)c1ccc(F)cc1. The van der Waals surface area contributed by atoms with E-state index in [-0.39, 0.29) is 16.9 Å². The lowest BCUT2D eigenvalue weighted by Crippen LogP contribution is -2.17. The maximum atomic E-state index is 13.0. The van der Waals surface area contributed by atoms with Gasteiger partial charge in [0.15, 0.2) is 11.5 Å². The fourth-order valence-corrected chi connectivity index (χ4v) is 2.53. The Kier molecular flexibility index (Phi) is 7.05. The Morgan fingerprint density at radius 1 is 0.903 bits per heavy atom. The quantitative estimate of drug-likeness (QED) is 0.265. The molecule has 31 heavy (non-hydrogen) atoms. The summed E-state index contributed by atoms with van der Waals surface area (Å²) in [5.41, 5.74) is 3.37. The van der Waals surface area contributed by atoms with E-state index in [4.69, 9.17) is 9.47 Å². The third-order valence-corrected chi connectivity index (χ3v) is 4.04. The van der Waals surface area contributed by atoms with Gasteiger partial charge in [-0.2, -0.15) is 5.10 Å². The number of hydrazone groups is 1. The highest BCUT2D eigenvalue weighted by molar-refractivity contribution is 5.95. The van der Waals surface area contributed by atoms with Gasteiger partial charge >= 0.3 is 5.97 Å². The van der Waals surface area contributed by atoms with E-state index < -0.39 is 23.5 Å². The normalized spacial score (nSPS) is 10.7. The number of nitrogens with one attached hydrogen (secondary N) is 1. The third-order valence-electron chi connectivity index (χ3n) is 4.04. The number of ether oxygens (including phenoxy) is 2. The van der Waals surface area contributed by atoms with Crippen LogP contribution in [0.3, 0.4) is 0 Å². The molecule has 0 heterocycles. The van der Waals surface area contributed by atoms with Gasteiger partial charge in [-0.3, -0.25) is 4.79 Å². The van der Waals surface area contributed by atoms with E-state index in [1.807, 2.05) is 0 Å². The van der Waals surface area contributed by atoms with Gasteiger partial charge in [-0.05, 0) is 79.2 Å². The second-order valence-corrected chi connectivity index (χ2v) is 6.24. The van der Waals surface area contributed by atoms with Gasteiger partial charge in [0.1, 0.15) is 11.6 Å². The van der Waals surface area contributed by atoms with Crippen LogP contribution in [0.2, 0.25) is 0 Å². The van der Waals surface area contributed by atoms with Crippen LogP contribution in [0.15, 0.2) is 71.8 Å². The first kappa shape index (κ1) is 21.6. The molecular formula is C23H18F2N2O4. The Balaban J connectivity index is 1.69. The maximum absolute atomic E-state index is 13.0. The molecule has 1 amide bonds. The predicted octanol–water partition coefficient (Wildman–Crippen LogP) is 4.35. The summed E-state index contributed by atoms with van der Waals surface area (Å²) in [6.07, 6.45) is 1.38. The van der Waals surface area contributed by atoms with Gasteiger partial charge in [-0.1, -0.05) is 0 Å². The van der Waals surface area contributed by atoms with E-state index in [9.17, 15) is 18.4 Å². The second-order valence-electron chi connectivity index (χ2n) is 6.24. The molecule has 8 heteroatoms. The van der Waals surface area contributed by atoms with Crippen molar-refractivity contribution >= 4 is 18.1 Å². The number of esters is 1. The zero-order valence-corrected chi connectivity index (χ0v) is 16.5. The molecule has 0 radical (unpaired) electrons. The van der Waals surface area contributed by atoms with Crippen molar-refractivity contribution < 1.29 is 27.8 Å². The zero-order valence-electron chi connectivity index (χ0n) is 16.5. The Hall–Kier alpha value is -4.07. The average molecular weight is 424 g/mol. The van der Waals surface area contributed by atoms with Crippen LogP contribution in [-0.4, -0.2) is 24.7 Å². The number of carbonyl (C=O) groups excluding carboxylic acids is 2. The number of halogens is 2. The van der Waals surface area contributed by atoms with Gasteiger partial charge in [0, 0.05) is 5.56 Å². The lowest BCUT2D eigenvalue weighted by molar-refractivity contribution is 0.0728. The summed E-state index contributed by atoms with van der Waals surface area (Å²) >= 11 is 0. The van der Waals surface area contributed by atoms with Crippen molar-refractivity contribution in [3.8, 4) is 11.5 Å². The van der Waals surface area contributed by atoms with E-state index in [1.54, 1.807) is 19.1 Å². The summed E-state index contributed by atoms with van der Waals surface area (Å²) in [5.74, 6) is -1.57. The number of rotatable bonds is 7. The number of hydrogen-bond acceptors (Lipinski definition) is 5. The molecule has 0 fully saturated rings. The summed E-state index contributed by atoms with van der Waals surface area (Å²) in [6.45, 7) is 2.10. The lowest BCUT2D eigenvalue weighted by atomic mass is 10.2. The van der Waals surface area contributed by atoms with Gasteiger partial charge in [0.2, 0.25) is 0 Å². The van der Waals surface area contributed by atoms with E-state index in [0.29, 0.717) is 17.9 Å². The van der Waals surface area contributed by atoms with Gasteiger partial charge in [0.05, 0.1) is 18.4 Å². The molecule has 158 valence electrons. The number of nitrogens with zero attached hydrogens (tertiary/aromatic N) is 1. The van der Waals surface area contributed by atoms with Crippen LogP contribution >= 0.6 is 0 Å². The minimum absolute atomic E-state index is 0.184. The smallest absolute Gasteiger partial charge is 0.343 e. The Morgan fingerprint density at radius 2 is 1.52 bits per heavy atom. The van der Waals surface area contributed by atoms with Gasteiger partial charge < -0.3 is 9.47 Å². The molecule has 0 aliphatic carbocycles. The third kappa shape index (κ3) is 5.96. The lowest BCUT2D eigenvalue weighted by Gasteiger charge is -2.11. The molecule has 0 saturated carbocycles. The molecule has 0 bridgehead atoms. The molecule has 0 aromatic heterocycles. The molecule has 0 spiro atoms. The fourth-order valence-electron chi connectivity index (χ4n) is 2.53. The molecule has 0 unspecified atom stereocenters. The summed E-state index contributed by atoms with van der Waals surface area (Å²) < 4.78 is 36.8. The first-order valence-corrected chi connectivity index (χ1v) is 9.30. The number of amides is 1. The molecule has 0 saturated heterocycles. The topological polar surface area (TPSA) is 77.0 Å². The van der Waals surface area contributed by atoms with Crippen molar-refractivity contribution in [2.24, 2.45) is 5.10 Å². The fraction of sp³-hybridized carbons (Fsp3) is 0.0870. The van der Waals surface area contributed by atoms with Crippen molar-refractivity contribution in [2.75, 3.05) is 6.61 Å². The van der Waals surface area contributed by atoms with E-state index in [1.165, 1.54) is 60.8 Å². The Labute approximate surface area is 177 Å². The zero-order chi connectivity index (χ0) is 22.2. The average Bonchev–Trinajstić information content (AvgIpc) is 2.76. The molecule has 3 rings (SSSR count). The predicted molar refractivity (Wildman–Crippen MR) is 110 cm³/mol. The van der Waals surface area contributed by atoms with Crippen molar-refractivity contribution in [1.29, 1.82) is 0 Å². The van der Waals surface area contributed by atoms with Crippen molar-refractivity contribution in [1.82, 2.24) is 5.43 Å². The largest absolute Gasteiger partial charge is 0.490 e.